The van der Waals surface area contributed by atoms with Crippen LogP contribution < -0.4 is 10.6 Å². The highest BCUT2D eigenvalue weighted by molar-refractivity contribution is 6.01. The van der Waals surface area contributed by atoms with Gasteiger partial charge in [-0.3, -0.25) is 4.79 Å². The molecule has 2 N–H and O–H groups in total. The number of ether oxygens (including phenoxy) is 1. The highest BCUT2D eigenvalue weighted by Crippen LogP contribution is 2.33. The fourth-order valence-electron chi connectivity index (χ4n) is 2.20. The lowest BCUT2D eigenvalue weighted by Crippen LogP contribution is -2.45. The van der Waals surface area contributed by atoms with Crippen molar-refractivity contribution in [2.24, 2.45) is 0 Å². The minimum atomic E-state index is -0.804. The van der Waals surface area contributed by atoms with Gasteiger partial charge < -0.3 is 15.4 Å². The molecule has 4 nitrogen and oxygen atoms in total. The van der Waals surface area contributed by atoms with Gasteiger partial charge >= 0.3 is 0 Å². The summed E-state index contributed by atoms with van der Waals surface area (Å²) in [6, 6.07) is 3.96. The van der Waals surface area contributed by atoms with Crippen LogP contribution in [-0.2, 0) is 16.0 Å². The van der Waals surface area contributed by atoms with Crippen LogP contribution in [0.2, 0.25) is 0 Å². The Kier molecular flexibility index (Phi) is 3.07. The van der Waals surface area contributed by atoms with Gasteiger partial charge in [-0.2, -0.15) is 0 Å². The van der Waals surface area contributed by atoms with Gasteiger partial charge in [0.15, 0.2) is 0 Å². The molecule has 4 heteroatoms. The molecule has 1 aromatic carbocycles. The van der Waals surface area contributed by atoms with Crippen LogP contribution in [0.5, 0.6) is 0 Å². The number of aryl methyl sites for hydroxylation is 1. The molecule has 0 aromatic heterocycles. The number of carbonyl (C=O) groups excluding carboxylic acids is 1. The van der Waals surface area contributed by atoms with Crippen molar-refractivity contribution >= 4 is 17.3 Å². The first-order valence-corrected chi connectivity index (χ1v) is 6.13. The number of amides is 1. The zero-order chi connectivity index (χ0) is 13.5. The van der Waals surface area contributed by atoms with Crippen molar-refractivity contribution in [3.8, 4) is 0 Å². The highest BCUT2D eigenvalue weighted by atomic mass is 16.5. The van der Waals surface area contributed by atoms with Crippen LogP contribution in [0.3, 0.4) is 0 Å². The fourth-order valence-corrected chi connectivity index (χ4v) is 2.20. The van der Waals surface area contributed by atoms with Crippen LogP contribution in [0, 0.1) is 6.92 Å². The van der Waals surface area contributed by atoms with E-state index in [0.717, 1.165) is 23.4 Å². The largest absolute Gasteiger partial charge is 0.398 e. The second kappa shape index (κ2) is 4.28. The molecule has 1 aliphatic heterocycles. The van der Waals surface area contributed by atoms with E-state index in [1.165, 1.54) is 5.56 Å². The molecule has 0 atom stereocenters. The van der Waals surface area contributed by atoms with Crippen molar-refractivity contribution in [2.45, 2.75) is 32.8 Å². The third-order valence-corrected chi connectivity index (χ3v) is 3.63. The van der Waals surface area contributed by atoms with E-state index in [4.69, 9.17) is 10.5 Å². The van der Waals surface area contributed by atoms with Crippen molar-refractivity contribution in [2.75, 3.05) is 24.3 Å². The maximum Gasteiger partial charge on any atom is 0.258 e. The molecule has 0 aliphatic carbocycles. The SMILES string of the molecule is COC(C)(C)C(=O)N1CCc2cc(C)c(N)cc21. The molecular formula is C14H20N2O2. The Bertz CT molecular complexity index is 495. The lowest BCUT2D eigenvalue weighted by atomic mass is 10.1. The summed E-state index contributed by atoms with van der Waals surface area (Å²) in [5.41, 5.74) is 9.02. The Labute approximate surface area is 108 Å². The molecule has 1 heterocycles. The van der Waals surface area contributed by atoms with Gasteiger partial charge in [0.05, 0.1) is 0 Å². The monoisotopic (exact) mass is 248 g/mol. The maximum atomic E-state index is 12.4. The molecule has 98 valence electrons. The number of rotatable bonds is 2. The van der Waals surface area contributed by atoms with E-state index in [2.05, 4.69) is 6.07 Å². The van der Waals surface area contributed by atoms with E-state index < -0.39 is 5.60 Å². The van der Waals surface area contributed by atoms with Crippen LogP contribution >= 0.6 is 0 Å². The first kappa shape index (κ1) is 12.9. The average molecular weight is 248 g/mol. The zero-order valence-corrected chi connectivity index (χ0v) is 11.4. The molecule has 0 saturated carbocycles. The third kappa shape index (κ3) is 1.97. The third-order valence-electron chi connectivity index (χ3n) is 3.63. The summed E-state index contributed by atoms with van der Waals surface area (Å²) < 4.78 is 5.26. The number of nitrogens with zero attached hydrogens (tertiary/aromatic N) is 1. The van der Waals surface area contributed by atoms with E-state index in [0.29, 0.717) is 6.54 Å². The van der Waals surface area contributed by atoms with Gasteiger partial charge in [-0.05, 0) is 44.4 Å². The van der Waals surface area contributed by atoms with E-state index in [9.17, 15) is 4.79 Å². The van der Waals surface area contributed by atoms with Gasteiger partial charge in [0, 0.05) is 25.0 Å². The number of nitrogens with two attached hydrogens (primary N) is 1. The van der Waals surface area contributed by atoms with Crippen molar-refractivity contribution < 1.29 is 9.53 Å². The Morgan fingerprint density at radius 3 is 2.72 bits per heavy atom. The van der Waals surface area contributed by atoms with Gasteiger partial charge in [0.2, 0.25) is 0 Å². The summed E-state index contributed by atoms with van der Waals surface area (Å²) >= 11 is 0. The van der Waals surface area contributed by atoms with Crippen molar-refractivity contribution in [1.82, 2.24) is 0 Å². The Hall–Kier alpha value is -1.55. The summed E-state index contributed by atoms with van der Waals surface area (Å²) in [4.78, 5) is 14.2. The Balaban J connectivity index is 2.38. The summed E-state index contributed by atoms with van der Waals surface area (Å²) in [7, 11) is 1.55. The van der Waals surface area contributed by atoms with E-state index >= 15 is 0 Å². The van der Waals surface area contributed by atoms with Crippen LogP contribution in [-0.4, -0.2) is 25.2 Å². The second-order valence-corrected chi connectivity index (χ2v) is 5.26. The lowest BCUT2D eigenvalue weighted by Gasteiger charge is -2.28. The number of benzene rings is 1. The smallest absolute Gasteiger partial charge is 0.258 e. The van der Waals surface area contributed by atoms with Crippen molar-refractivity contribution in [1.29, 1.82) is 0 Å². The van der Waals surface area contributed by atoms with Crippen molar-refractivity contribution in [3.05, 3.63) is 23.3 Å². The van der Waals surface area contributed by atoms with Crippen LogP contribution in [0.25, 0.3) is 0 Å². The highest BCUT2D eigenvalue weighted by Gasteiger charge is 2.35. The van der Waals surface area contributed by atoms with Gasteiger partial charge in [0.1, 0.15) is 5.60 Å². The minimum Gasteiger partial charge on any atom is -0.398 e. The van der Waals surface area contributed by atoms with Gasteiger partial charge in [-0.1, -0.05) is 6.07 Å². The molecule has 0 radical (unpaired) electrons. The molecule has 0 saturated heterocycles. The predicted octanol–water partition coefficient (Wildman–Crippen LogP) is 1.89. The summed E-state index contributed by atoms with van der Waals surface area (Å²) in [5, 5.41) is 0. The molecule has 0 fully saturated rings. The predicted molar refractivity (Wildman–Crippen MR) is 72.7 cm³/mol. The summed E-state index contributed by atoms with van der Waals surface area (Å²) in [6.45, 7) is 6.25. The van der Waals surface area contributed by atoms with E-state index in [1.807, 2.05) is 13.0 Å². The summed E-state index contributed by atoms with van der Waals surface area (Å²) in [6.07, 6.45) is 0.877. The molecule has 0 unspecified atom stereocenters. The zero-order valence-electron chi connectivity index (χ0n) is 11.4. The van der Waals surface area contributed by atoms with Gasteiger partial charge in [0.25, 0.3) is 5.91 Å². The molecule has 1 aliphatic rings. The first-order chi connectivity index (χ1) is 8.36. The second-order valence-electron chi connectivity index (χ2n) is 5.26. The molecule has 0 spiro atoms. The molecular weight excluding hydrogens is 228 g/mol. The van der Waals surface area contributed by atoms with Crippen LogP contribution in [0.1, 0.15) is 25.0 Å². The average Bonchev–Trinajstić information content (AvgIpc) is 2.71. The number of anilines is 2. The number of hydrogen-bond donors (Lipinski definition) is 1. The topological polar surface area (TPSA) is 55.6 Å². The fraction of sp³-hybridized carbons (Fsp3) is 0.500. The standard InChI is InChI=1S/C14H20N2O2/c1-9-7-10-5-6-16(12(10)8-11(9)15)13(17)14(2,3)18-4/h7-8H,5-6,15H2,1-4H3. The molecule has 0 bridgehead atoms. The van der Waals surface area contributed by atoms with Gasteiger partial charge in [-0.15, -0.1) is 0 Å². The van der Waals surface area contributed by atoms with E-state index in [-0.39, 0.29) is 5.91 Å². The van der Waals surface area contributed by atoms with Gasteiger partial charge in [-0.25, -0.2) is 0 Å². The lowest BCUT2D eigenvalue weighted by molar-refractivity contribution is -0.136. The van der Waals surface area contributed by atoms with Crippen LogP contribution in [0.4, 0.5) is 11.4 Å². The number of carbonyl (C=O) groups is 1. The number of hydrogen-bond acceptors (Lipinski definition) is 3. The van der Waals surface area contributed by atoms with Crippen LogP contribution in [0.15, 0.2) is 12.1 Å². The maximum absolute atomic E-state index is 12.4. The molecule has 2 rings (SSSR count). The number of methoxy groups -OCH3 is 1. The molecule has 1 amide bonds. The normalized spacial score (nSPS) is 14.8. The Morgan fingerprint density at radius 1 is 1.44 bits per heavy atom. The summed E-state index contributed by atoms with van der Waals surface area (Å²) in [5.74, 6) is -0.0213. The number of nitrogen functional groups attached to an aromatic ring is 1. The Morgan fingerprint density at radius 2 is 2.11 bits per heavy atom. The van der Waals surface area contributed by atoms with E-state index in [1.54, 1.807) is 25.9 Å². The minimum absolute atomic E-state index is 0.0213. The quantitative estimate of drug-likeness (QED) is 0.813. The number of fused-ring (bicyclic) bond motifs is 1. The first-order valence-electron chi connectivity index (χ1n) is 6.13. The van der Waals surface area contributed by atoms with Crippen molar-refractivity contribution in [3.63, 3.8) is 0 Å². The molecule has 1 aromatic rings. The molecule has 18 heavy (non-hydrogen) atoms.